The highest BCUT2D eigenvalue weighted by molar-refractivity contribution is 6.06. The van der Waals surface area contributed by atoms with Crippen molar-refractivity contribution in [2.75, 3.05) is 37.5 Å². The van der Waals surface area contributed by atoms with Crippen molar-refractivity contribution in [2.45, 2.75) is 20.8 Å². The van der Waals surface area contributed by atoms with Gasteiger partial charge in [0.25, 0.3) is 5.91 Å². The topological polar surface area (TPSA) is 149 Å². The number of carbonyl (C=O) groups excluding carboxylic acids is 1. The lowest BCUT2D eigenvalue weighted by atomic mass is 9.79. The first-order valence-corrected chi connectivity index (χ1v) is 12.6. The molecule has 1 aromatic heterocycles. The third-order valence-corrected chi connectivity index (χ3v) is 6.34. The number of anilines is 2. The van der Waals surface area contributed by atoms with Crippen LogP contribution in [0.25, 0.3) is 5.70 Å². The van der Waals surface area contributed by atoms with Crippen molar-refractivity contribution in [3.8, 4) is 6.07 Å². The Labute approximate surface area is 230 Å². The van der Waals surface area contributed by atoms with Crippen LogP contribution in [-0.2, 0) is 4.79 Å². The molecule has 10 nitrogen and oxygen atoms in total. The minimum Gasteiger partial charge on any atom is -0.397 e. The molecule has 2 aromatic rings. The van der Waals surface area contributed by atoms with Gasteiger partial charge in [-0.15, -0.1) is 0 Å². The summed E-state index contributed by atoms with van der Waals surface area (Å²) < 4.78 is 0. The number of carbonyl (C=O) groups is 1. The maximum Gasteiger partial charge on any atom is 0.255 e. The number of hydrogen-bond donors (Lipinski definition) is 4. The number of hydrazine groups is 1. The number of nitrogens with zero attached hydrogens (tertiary/aromatic N) is 5. The SMILES string of the molecule is Cc1ccc(NC(=O)C2=CC(C(C)(C)C#N)C=CC(NCCN(C)C)=C2)cc1N(N)/C=C(\N)c1cncnc1. The highest BCUT2D eigenvalue weighted by Gasteiger charge is 2.28. The zero-order valence-corrected chi connectivity index (χ0v) is 23.1. The summed E-state index contributed by atoms with van der Waals surface area (Å²) >= 11 is 0. The maximum absolute atomic E-state index is 13.5. The third-order valence-electron chi connectivity index (χ3n) is 6.34. The van der Waals surface area contributed by atoms with E-state index in [1.807, 2.05) is 71.3 Å². The Balaban J connectivity index is 1.86. The Morgan fingerprint density at radius 3 is 2.64 bits per heavy atom. The molecule has 0 aliphatic heterocycles. The Hall–Kier alpha value is -4.46. The Morgan fingerprint density at radius 2 is 1.97 bits per heavy atom. The van der Waals surface area contributed by atoms with Crippen LogP contribution in [-0.4, -0.2) is 48.0 Å². The molecule has 1 aliphatic carbocycles. The van der Waals surface area contributed by atoms with Gasteiger partial charge in [0.1, 0.15) is 6.33 Å². The van der Waals surface area contributed by atoms with Crippen LogP contribution in [0.5, 0.6) is 0 Å². The van der Waals surface area contributed by atoms with Gasteiger partial charge in [-0.25, -0.2) is 15.8 Å². The van der Waals surface area contributed by atoms with Gasteiger partial charge in [-0.1, -0.05) is 18.2 Å². The number of hydrogen-bond acceptors (Lipinski definition) is 9. The fourth-order valence-electron chi connectivity index (χ4n) is 3.83. The molecule has 0 saturated heterocycles. The van der Waals surface area contributed by atoms with E-state index >= 15 is 0 Å². The number of nitrogens with two attached hydrogens (primary N) is 2. The number of nitriles is 1. The third kappa shape index (κ3) is 8.01. The minimum absolute atomic E-state index is 0.254. The van der Waals surface area contributed by atoms with Gasteiger partial charge in [0.15, 0.2) is 0 Å². The molecule has 0 saturated carbocycles. The average molecular weight is 528 g/mol. The predicted molar refractivity (Wildman–Crippen MR) is 155 cm³/mol. The van der Waals surface area contributed by atoms with E-state index in [4.69, 9.17) is 11.6 Å². The van der Waals surface area contributed by atoms with Crippen LogP contribution in [0, 0.1) is 29.6 Å². The molecule has 0 spiro atoms. The number of nitrogens with one attached hydrogen (secondary N) is 2. The van der Waals surface area contributed by atoms with Gasteiger partial charge in [-0.3, -0.25) is 9.80 Å². The molecule has 1 aliphatic rings. The average Bonchev–Trinajstić information content (AvgIpc) is 3.13. The summed E-state index contributed by atoms with van der Waals surface area (Å²) in [6.45, 7) is 7.19. The van der Waals surface area contributed by atoms with E-state index in [0.29, 0.717) is 34.8 Å². The van der Waals surface area contributed by atoms with Crippen LogP contribution in [0.4, 0.5) is 11.4 Å². The molecule has 1 amide bonds. The molecule has 204 valence electrons. The van der Waals surface area contributed by atoms with Crippen molar-refractivity contribution in [3.05, 3.63) is 89.8 Å². The van der Waals surface area contributed by atoms with Gasteiger partial charge in [0.05, 0.1) is 22.9 Å². The summed E-state index contributed by atoms with van der Waals surface area (Å²) in [6, 6.07) is 7.82. The molecule has 0 fully saturated rings. The Morgan fingerprint density at radius 1 is 1.26 bits per heavy atom. The lowest BCUT2D eigenvalue weighted by Gasteiger charge is -2.22. The van der Waals surface area contributed by atoms with Crippen LogP contribution >= 0.6 is 0 Å². The minimum atomic E-state index is -0.692. The Bertz CT molecular complexity index is 1330. The molecule has 0 bridgehead atoms. The summed E-state index contributed by atoms with van der Waals surface area (Å²) in [6.07, 6.45) is 13.7. The molecule has 1 aromatic carbocycles. The molecule has 6 N–H and O–H groups in total. The quantitative estimate of drug-likeness (QED) is 0.270. The van der Waals surface area contributed by atoms with Crippen LogP contribution in [0.3, 0.4) is 0 Å². The summed E-state index contributed by atoms with van der Waals surface area (Å²) in [7, 11) is 4.00. The van der Waals surface area contributed by atoms with Gasteiger partial charge in [-0.2, -0.15) is 5.26 Å². The van der Waals surface area contributed by atoms with Gasteiger partial charge in [-0.05, 0) is 64.7 Å². The lowest BCUT2D eigenvalue weighted by Crippen LogP contribution is -2.27. The number of rotatable bonds is 10. The van der Waals surface area contributed by atoms with Crippen molar-refractivity contribution >= 4 is 23.0 Å². The fraction of sp³-hybridized carbons (Fsp3) is 0.310. The number of likely N-dealkylation sites (N-methyl/N-ethyl adjacent to an activating group) is 1. The number of amides is 1. The van der Waals surface area contributed by atoms with E-state index in [2.05, 4.69) is 31.6 Å². The van der Waals surface area contributed by atoms with Crippen molar-refractivity contribution < 1.29 is 4.79 Å². The Kier molecular flexibility index (Phi) is 9.60. The van der Waals surface area contributed by atoms with E-state index in [1.54, 1.807) is 24.7 Å². The van der Waals surface area contributed by atoms with E-state index in [0.717, 1.165) is 17.8 Å². The number of aryl methyl sites for hydroxylation is 1. The number of benzene rings is 1. The first-order chi connectivity index (χ1) is 18.5. The molecule has 0 radical (unpaired) electrons. The van der Waals surface area contributed by atoms with Gasteiger partial charge in [0, 0.05) is 60.1 Å². The van der Waals surface area contributed by atoms with Crippen LogP contribution in [0.1, 0.15) is 25.0 Å². The van der Waals surface area contributed by atoms with Gasteiger partial charge < -0.3 is 21.3 Å². The molecular weight excluding hydrogens is 490 g/mol. The standard InChI is InChI=1S/C29H37N9O/c1-20-6-8-25(14-27(20)38(32)17-26(31)22-15-33-19-34-16-22)36-28(39)21-12-23(29(2,3)18-30)7-9-24(13-21)35-10-11-37(4)5/h6-9,12-17,19,23,35H,10-11,31-32H2,1-5H3,(H,36,39)/b26-17-. The zero-order chi connectivity index (χ0) is 28.6. The largest absolute Gasteiger partial charge is 0.397 e. The summed E-state index contributed by atoms with van der Waals surface area (Å²) in [5.41, 5.74) is 9.90. The molecule has 10 heteroatoms. The van der Waals surface area contributed by atoms with Crippen molar-refractivity contribution in [1.82, 2.24) is 20.2 Å². The van der Waals surface area contributed by atoms with E-state index in [9.17, 15) is 10.1 Å². The normalized spacial score (nSPS) is 15.6. The van der Waals surface area contributed by atoms with Crippen molar-refractivity contribution in [2.24, 2.45) is 22.9 Å². The molecule has 1 unspecified atom stereocenters. The number of allylic oxidation sites excluding steroid dienone is 3. The van der Waals surface area contributed by atoms with Crippen molar-refractivity contribution in [3.63, 3.8) is 0 Å². The highest BCUT2D eigenvalue weighted by Crippen LogP contribution is 2.32. The van der Waals surface area contributed by atoms with Crippen LogP contribution < -0.4 is 27.2 Å². The molecular formula is C29H37N9O. The first kappa shape index (κ1) is 29.1. The molecule has 1 atom stereocenters. The van der Waals surface area contributed by atoms with Gasteiger partial charge >= 0.3 is 0 Å². The first-order valence-electron chi connectivity index (χ1n) is 12.6. The monoisotopic (exact) mass is 527 g/mol. The van der Waals surface area contributed by atoms with E-state index in [1.165, 1.54) is 11.3 Å². The van der Waals surface area contributed by atoms with Crippen molar-refractivity contribution in [1.29, 1.82) is 5.26 Å². The fourth-order valence-corrected chi connectivity index (χ4v) is 3.83. The van der Waals surface area contributed by atoms with Crippen LogP contribution in [0.15, 0.2) is 78.7 Å². The van der Waals surface area contributed by atoms with Crippen LogP contribution in [0.2, 0.25) is 0 Å². The molecule has 39 heavy (non-hydrogen) atoms. The lowest BCUT2D eigenvalue weighted by molar-refractivity contribution is -0.112. The second kappa shape index (κ2) is 12.9. The molecule has 3 rings (SSSR count). The summed E-state index contributed by atoms with van der Waals surface area (Å²) in [5.74, 6) is 5.77. The van der Waals surface area contributed by atoms with E-state index in [-0.39, 0.29) is 11.8 Å². The molecule has 1 heterocycles. The predicted octanol–water partition coefficient (Wildman–Crippen LogP) is 3.06. The van der Waals surface area contributed by atoms with Gasteiger partial charge in [0.2, 0.25) is 0 Å². The second-order valence-corrected chi connectivity index (χ2v) is 10.2. The maximum atomic E-state index is 13.5. The van der Waals surface area contributed by atoms with E-state index < -0.39 is 5.41 Å². The zero-order valence-electron chi connectivity index (χ0n) is 23.1. The summed E-state index contributed by atoms with van der Waals surface area (Å²) in [4.78, 5) is 23.5. The summed E-state index contributed by atoms with van der Waals surface area (Å²) in [5, 5.41) is 17.5. The highest BCUT2D eigenvalue weighted by atomic mass is 16.1. The number of aromatic nitrogens is 2. The smallest absolute Gasteiger partial charge is 0.255 e. The second-order valence-electron chi connectivity index (χ2n) is 10.2.